The van der Waals surface area contributed by atoms with Gasteiger partial charge in [-0.3, -0.25) is 4.79 Å². The second kappa shape index (κ2) is 4.64. The van der Waals surface area contributed by atoms with Gasteiger partial charge >= 0.3 is 6.16 Å². The fraction of sp³-hybridized carbons (Fsp3) is 0.556. The largest absolute Gasteiger partial charge is 0.514 e. The molecule has 0 saturated heterocycles. The number of carbonyl (C=O) groups excluding carboxylic acids is 2. The van der Waals surface area contributed by atoms with Crippen LogP contribution in [0.15, 0.2) is 11.5 Å². The molecule has 0 aromatic heterocycles. The monoisotopic (exact) mass is 200 g/mol. The number of hydrogen-bond acceptors (Lipinski definition) is 5. The van der Waals surface area contributed by atoms with Crippen LogP contribution in [0.4, 0.5) is 4.79 Å². The summed E-state index contributed by atoms with van der Waals surface area (Å²) in [5.74, 6) is -0.0644. The van der Waals surface area contributed by atoms with Crippen molar-refractivity contribution in [3.8, 4) is 0 Å². The molecule has 5 nitrogen and oxygen atoms in total. The molecule has 0 aromatic carbocycles. The minimum atomic E-state index is -0.861. The van der Waals surface area contributed by atoms with Crippen molar-refractivity contribution in [2.75, 3.05) is 13.2 Å². The number of ketones is 1. The molecule has 0 spiro atoms. The molecule has 78 valence electrons. The first-order chi connectivity index (χ1) is 6.65. The Bertz CT molecular complexity index is 279. The van der Waals surface area contributed by atoms with E-state index in [1.54, 1.807) is 6.92 Å². The van der Waals surface area contributed by atoms with E-state index in [0.29, 0.717) is 12.2 Å². The van der Waals surface area contributed by atoms with Crippen LogP contribution in [0.2, 0.25) is 0 Å². The molecule has 14 heavy (non-hydrogen) atoms. The molecule has 0 atom stereocenters. The lowest BCUT2D eigenvalue weighted by Crippen LogP contribution is -2.12. The molecule has 1 aliphatic rings. The molecule has 0 unspecified atom stereocenters. The van der Waals surface area contributed by atoms with Crippen molar-refractivity contribution in [3.63, 3.8) is 0 Å². The van der Waals surface area contributed by atoms with Gasteiger partial charge in [0, 0.05) is 0 Å². The molecule has 0 aliphatic carbocycles. The summed E-state index contributed by atoms with van der Waals surface area (Å²) in [5.41, 5.74) is 0. The summed E-state index contributed by atoms with van der Waals surface area (Å²) in [6.07, 6.45) is -0.155. The maximum absolute atomic E-state index is 11.1. The van der Waals surface area contributed by atoms with Crippen molar-refractivity contribution in [3.05, 3.63) is 11.5 Å². The van der Waals surface area contributed by atoms with Gasteiger partial charge in [-0.25, -0.2) is 4.79 Å². The van der Waals surface area contributed by atoms with E-state index < -0.39 is 6.16 Å². The van der Waals surface area contributed by atoms with Crippen molar-refractivity contribution in [2.45, 2.75) is 20.3 Å². The Labute approximate surface area is 81.6 Å². The molecular weight excluding hydrogens is 188 g/mol. The normalized spacial score (nSPS) is 15.4. The average molecular weight is 200 g/mol. The van der Waals surface area contributed by atoms with Crippen molar-refractivity contribution in [1.29, 1.82) is 0 Å². The highest BCUT2D eigenvalue weighted by molar-refractivity contribution is 5.98. The van der Waals surface area contributed by atoms with Crippen LogP contribution in [-0.4, -0.2) is 25.2 Å². The van der Waals surface area contributed by atoms with Crippen molar-refractivity contribution >= 4 is 11.9 Å². The van der Waals surface area contributed by atoms with Gasteiger partial charge in [-0.05, 0) is 13.3 Å². The number of hydrogen-bond donors (Lipinski definition) is 0. The maximum atomic E-state index is 11.1. The third-order valence-electron chi connectivity index (χ3n) is 1.60. The van der Waals surface area contributed by atoms with Gasteiger partial charge in [0.05, 0.1) is 6.61 Å². The molecule has 0 saturated carbocycles. The molecule has 0 bridgehead atoms. The smallest absolute Gasteiger partial charge is 0.486 e. The minimum Gasteiger partial charge on any atom is -0.486 e. The lowest BCUT2D eigenvalue weighted by Gasteiger charge is -2.03. The Morgan fingerprint density at radius 3 is 2.79 bits per heavy atom. The minimum absolute atomic E-state index is 0.0499. The van der Waals surface area contributed by atoms with Crippen LogP contribution in [0.25, 0.3) is 0 Å². The molecule has 0 N–H and O–H groups in total. The molecule has 1 heterocycles. The topological polar surface area (TPSA) is 61.8 Å². The second-order valence-electron chi connectivity index (χ2n) is 2.80. The SMILES string of the molecule is CCCOC(=O)OC1=C(C)OCC1=O. The third kappa shape index (κ3) is 2.48. The van der Waals surface area contributed by atoms with Crippen LogP contribution in [0.1, 0.15) is 20.3 Å². The Hall–Kier alpha value is -1.52. The number of carbonyl (C=O) groups is 2. The number of rotatable bonds is 3. The van der Waals surface area contributed by atoms with Crippen LogP contribution >= 0.6 is 0 Å². The summed E-state index contributed by atoms with van der Waals surface area (Å²) < 4.78 is 14.2. The van der Waals surface area contributed by atoms with Gasteiger partial charge in [0.1, 0.15) is 5.76 Å². The van der Waals surface area contributed by atoms with Crippen LogP contribution < -0.4 is 0 Å². The maximum Gasteiger partial charge on any atom is 0.514 e. The van der Waals surface area contributed by atoms with Gasteiger partial charge < -0.3 is 14.2 Å². The Balaban J connectivity index is 2.47. The van der Waals surface area contributed by atoms with Crippen molar-refractivity contribution in [2.24, 2.45) is 0 Å². The average Bonchev–Trinajstić information content (AvgIpc) is 2.46. The van der Waals surface area contributed by atoms with Gasteiger partial charge in [0.15, 0.2) is 6.61 Å². The van der Waals surface area contributed by atoms with E-state index in [1.807, 2.05) is 6.92 Å². The highest BCUT2D eigenvalue weighted by Gasteiger charge is 2.26. The molecule has 1 rings (SSSR count). The predicted molar refractivity (Wildman–Crippen MR) is 46.4 cm³/mol. The summed E-state index contributed by atoms with van der Waals surface area (Å²) in [5, 5.41) is 0. The Morgan fingerprint density at radius 1 is 1.57 bits per heavy atom. The highest BCUT2D eigenvalue weighted by Crippen LogP contribution is 2.16. The lowest BCUT2D eigenvalue weighted by molar-refractivity contribution is -0.118. The molecule has 0 aromatic rings. The van der Waals surface area contributed by atoms with Crippen molar-refractivity contribution in [1.82, 2.24) is 0 Å². The molecule has 0 amide bonds. The summed E-state index contributed by atoms with van der Waals surface area (Å²) in [4.78, 5) is 22.0. The first kappa shape index (κ1) is 10.6. The van der Waals surface area contributed by atoms with E-state index >= 15 is 0 Å². The van der Waals surface area contributed by atoms with E-state index in [1.165, 1.54) is 0 Å². The van der Waals surface area contributed by atoms with Crippen LogP contribution in [0.5, 0.6) is 0 Å². The summed E-state index contributed by atoms with van der Waals surface area (Å²) in [6.45, 7) is 3.64. The number of allylic oxidation sites excluding steroid dienone is 1. The number of Topliss-reactive ketones (excluding diaryl/α,β-unsaturated/α-hetero) is 1. The van der Waals surface area contributed by atoms with Crippen LogP contribution in [0.3, 0.4) is 0 Å². The molecular formula is C9H12O5. The van der Waals surface area contributed by atoms with Gasteiger partial charge in [-0.1, -0.05) is 6.92 Å². The Morgan fingerprint density at radius 2 is 2.29 bits per heavy atom. The standard InChI is InChI=1S/C9H12O5/c1-3-4-12-9(11)14-8-6(2)13-5-7(8)10/h3-5H2,1-2H3. The molecule has 5 heteroatoms. The number of ether oxygens (including phenoxy) is 3. The summed E-state index contributed by atoms with van der Waals surface area (Å²) in [6, 6.07) is 0. The zero-order valence-electron chi connectivity index (χ0n) is 8.16. The summed E-state index contributed by atoms with van der Waals surface area (Å²) in [7, 11) is 0. The van der Waals surface area contributed by atoms with Gasteiger partial charge in [0.25, 0.3) is 0 Å². The highest BCUT2D eigenvalue weighted by atomic mass is 16.7. The zero-order chi connectivity index (χ0) is 10.6. The zero-order valence-corrected chi connectivity index (χ0v) is 8.16. The van der Waals surface area contributed by atoms with Gasteiger partial charge in [0.2, 0.25) is 11.5 Å². The fourth-order valence-corrected chi connectivity index (χ4v) is 0.928. The third-order valence-corrected chi connectivity index (χ3v) is 1.60. The predicted octanol–water partition coefficient (Wildman–Crippen LogP) is 1.38. The summed E-state index contributed by atoms with van der Waals surface area (Å²) >= 11 is 0. The van der Waals surface area contributed by atoms with E-state index in [-0.39, 0.29) is 24.8 Å². The molecule has 0 fully saturated rings. The second-order valence-corrected chi connectivity index (χ2v) is 2.80. The fourth-order valence-electron chi connectivity index (χ4n) is 0.928. The van der Waals surface area contributed by atoms with Crippen LogP contribution in [0, 0.1) is 0 Å². The Kier molecular flexibility index (Phi) is 3.50. The van der Waals surface area contributed by atoms with E-state index in [9.17, 15) is 9.59 Å². The quantitative estimate of drug-likeness (QED) is 0.644. The van der Waals surface area contributed by atoms with Crippen molar-refractivity contribution < 1.29 is 23.8 Å². The van der Waals surface area contributed by atoms with E-state index in [2.05, 4.69) is 9.47 Å². The van der Waals surface area contributed by atoms with E-state index in [4.69, 9.17) is 4.74 Å². The first-order valence-corrected chi connectivity index (χ1v) is 4.36. The van der Waals surface area contributed by atoms with Gasteiger partial charge in [-0.15, -0.1) is 0 Å². The first-order valence-electron chi connectivity index (χ1n) is 4.36. The van der Waals surface area contributed by atoms with Gasteiger partial charge in [-0.2, -0.15) is 0 Å². The lowest BCUT2D eigenvalue weighted by atomic mass is 10.3. The van der Waals surface area contributed by atoms with E-state index in [0.717, 1.165) is 0 Å². The molecule has 0 radical (unpaired) electrons. The van der Waals surface area contributed by atoms with Crippen LogP contribution in [-0.2, 0) is 19.0 Å². The molecule has 1 aliphatic heterocycles.